The van der Waals surface area contributed by atoms with E-state index in [1.54, 1.807) is 36.4 Å². The van der Waals surface area contributed by atoms with Gasteiger partial charge in [0.1, 0.15) is 31.7 Å². The molecule has 0 heterocycles. The molecule has 0 fully saturated rings. The summed E-state index contributed by atoms with van der Waals surface area (Å²) in [6.45, 7) is 12.1. The van der Waals surface area contributed by atoms with Crippen LogP contribution in [0, 0.1) is 41.5 Å². The molecule has 0 unspecified atom stereocenters. The molecule has 0 atom stereocenters. The molecule has 0 saturated carbocycles. The maximum Gasteiger partial charge on any atom is 1.00 e. The van der Waals surface area contributed by atoms with Crippen LogP contribution in [0.1, 0.15) is 56.0 Å². The van der Waals surface area contributed by atoms with Gasteiger partial charge >= 0.3 is 59.1 Å². The van der Waals surface area contributed by atoms with E-state index in [-0.39, 0.29) is 64.7 Å². The summed E-state index contributed by atoms with van der Waals surface area (Å²) in [4.78, 5) is -1.69. The van der Waals surface area contributed by atoms with Crippen LogP contribution in [0.4, 0.5) is 22.7 Å². The molecule has 14 heteroatoms. The van der Waals surface area contributed by atoms with E-state index in [4.69, 9.17) is 9.47 Å². The average molecular weight is 775 g/mol. The molecule has 0 aliphatic rings. The van der Waals surface area contributed by atoms with E-state index in [9.17, 15) is 25.9 Å². The standard InChI is InChI=1S/C39H42N2O8S2.2Na/c1-22-15-24(3)38(25(4)16-22)40-28-9-12-31(34(19-28)48-7)37(33-14-11-30(50(42,43)44)21-36(33)51(45,46)47)32-13-10-29(20-35(32)49-8)41-39-26(5)17-23(2)18-27(39)6;;/h9-21,37,40-41H,1-8H3,(H,42,43,44)(H,45,46,47);;/q;2*+1/p-2. The van der Waals surface area contributed by atoms with E-state index in [1.165, 1.54) is 20.3 Å². The van der Waals surface area contributed by atoms with Crippen LogP contribution in [-0.4, -0.2) is 40.2 Å². The van der Waals surface area contributed by atoms with Gasteiger partial charge in [0, 0.05) is 51.9 Å². The van der Waals surface area contributed by atoms with Crippen LogP contribution < -0.4 is 79.2 Å². The third kappa shape index (κ3) is 10.1. The van der Waals surface area contributed by atoms with Crippen LogP contribution in [-0.2, 0) is 20.2 Å². The molecular formula is C39H40N2Na2O8S2. The Hall–Kier alpha value is -2.88. The Balaban J connectivity index is 0.00000378. The molecule has 2 N–H and O–H groups in total. The van der Waals surface area contributed by atoms with E-state index >= 15 is 0 Å². The summed E-state index contributed by atoms with van der Waals surface area (Å²) in [6, 6.07) is 21.7. The fourth-order valence-corrected chi connectivity index (χ4v) is 8.04. The number of methoxy groups -OCH3 is 2. The van der Waals surface area contributed by atoms with Gasteiger partial charge in [-0.05, 0) is 93.6 Å². The monoisotopic (exact) mass is 774 g/mol. The van der Waals surface area contributed by atoms with Gasteiger partial charge in [-0.1, -0.05) is 53.6 Å². The normalized spacial score (nSPS) is 11.4. The molecule has 0 aliphatic heterocycles. The number of aryl methyl sites for hydroxylation is 6. The third-order valence-electron chi connectivity index (χ3n) is 8.84. The summed E-state index contributed by atoms with van der Waals surface area (Å²) in [6.07, 6.45) is 0. The molecule has 5 aromatic rings. The number of nitrogens with one attached hydrogen (secondary N) is 2. The molecule has 268 valence electrons. The van der Waals surface area contributed by atoms with Gasteiger partial charge in [0.25, 0.3) is 0 Å². The summed E-state index contributed by atoms with van der Waals surface area (Å²) in [5.74, 6) is -0.347. The van der Waals surface area contributed by atoms with Crippen LogP contribution in [0.25, 0.3) is 0 Å². The SMILES string of the molecule is COc1cc(Nc2c(C)cc(C)cc2C)ccc1C(c1ccc(Nc2c(C)cc(C)cc2C)cc1OC)c1ccc(S(=O)(=O)[O-])cc1S(=O)(=O)[O-].[Na+].[Na+]. The van der Waals surface area contributed by atoms with Crippen molar-refractivity contribution in [3.8, 4) is 11.5 Å². The van der Waals surface area contributed by atoms with Crippen LogP contribution >= 0.6 is 0 Å². The molecule has 10 nitrogen and oxygen atoms in total. The quantitative estimate of drug-likeness (QED) is 0.116. The number of hydrogen-bond acceptors (Lipinski definition) is 10. The van der Waals surface area contributed by atoms with E-state index in [0.717, 1.165) is 50.8 Å². The zero-order valence-electron chi connectivity index (χ0n) is 31.7. The molecular weight excluding hydrogens is 735 g/mol. The summed E-state index contributed by atoms with van der Waals surface area (Å²) < 4.78 is 85.9. The molecule has 53 heavy (non-hydrogen) atoms. The zero-order valence-corrected chi connectivity index (χ0v) is 37.3. The molecule has 0 amide bonds. The van der Waals surface area contributed by atoms with Gasteiger partial charge in [-0.2, -0.15) is 0 Å². The van der Waals surface area contributed by atoms with Crippen molar-refractivity contribution in [2.24, 2.45) is 0 Å². The second-order valence-corrected chi connectivity index (χ2v) is 15.5. The van der Waals surface area contributed by atoms with Gasteiger partial charge in [-0.15, -0.1) is 0 Å². The molecule has 0 aromatic heterocycles. The number of rotatable bonds is 11. The first kappa shape index (κ1) is 44.5. The second kappa shape index (κ2) is 17.7. The first-order chi connectivity index (χ1) is 23.9. The van der Waals surface area contributed by atoms with E-state index < -0.39 is 35.9 Å². The Labute approximate surface area is 356 Å². The molecule has 0 spiro atoms. The Kier molecular flexibility index (Phi) is 14.9. The largest absolute Gasteiger partial charge is 1.00 e. The van der Waals surface area contributed by atoms with Crippen molar-refractivity contribution in [3.05, 3.63) is 129 Å². The topological polar surface area (TPSA) is 157 Å². The molecule has 5 rings (SSSR count). The molecule has 5 aromatic carbocycles. The fraction of sp³-hybridized carbons (Fsp3) is 0.231. The minimum atomic E-state index is -5.30. The summed E-state index contributed by atoms with van der Waals surface area (Å²) in [5, 5.41) is 6.91. The smallest absolute Gasteiger partial charge is 0.744 e. The van der Waals surface area contributed by atoms with Crippen molar-refractivity contribution in [1.82, 2.24) is 0 Å². The number of anilines is 4. The number of benzene rings is 5. The predicted octanol–water partition coefficient (Wildman–Crippen LogP) is 2.04. The third-order valence-corrected chi connectivity index (χ3v) is 10.6. The maximum atomic E-state index is 12.8. The van der Waals surface area contributed by atoms with Crippen molar-refractivity contribution < 1.29 is 94.5 Å². The zero-order chi connectivity index (χ0) is 37.4. The Morgan fingerprint density at radius 2 is 0.906 bits per heavy atom. The molecule has 0 aliphatic carbocycles. The summed E-state index contributed by atoms with van der Waals surface area (Å²) in [7, 11) is -7.45. The number of hydrogen-bond donors (Lipinski definition) is 2. The van der Waals surface area contributed by atoms with Crippen molar-refractivity contribution in [2.75, 3.05) is 24.9 Å². The predicted molar refractivity (Wildman–Crippen MR) is 197 cm³/mol. The van der Waals surface area contributed by atoms with Crippen molar-refractivity contribution in [2.45, 2.75) is 57.3 Å². The van der Waals surface area contributed by atoms with Gasteiger partial charge in [0.15, 0.2) is 0 Å². The van der Waals surface area contributed by atoms with Crippen molar-refractivity contribution >= 4 is 43.0 Å². The van der Waals surface area contributed by atoms with Crippen LogP contribution in [0.5, 0.6) is 11.5 Å². The fourth-order valence-electron chi connectivity index (χ4n) is 6.73. The average Bonchev–Trinajstić information content (AvgIpc) is 3.04. The van der Waals surface area contributed by atoms with Crippen LogP contribution in [0.15, 0.2) is 88.7 Å². The molecule has 0 bridgehead atoms. The van der Waals surface area contributed by atoms with Crippen molar-refractivity contribution in [3.63, 3.8) is 0 Å². The molecule has 0 radical (unpaired) electrons. The van der Waals surface area contributed by atoms with Gasteiger partial charge < -0.3 is 29.2 Å². The van der Waals surface area contributed by atoms with Crippen molar-refractivity contribution in [1.29, 1.82) is 0 Å². The van der Waals surface area contributed by atoms with Gasteiger partial charge in [-0.25, -0.2) is 16.8 Å². The Bertz CT molecular complexity index is 2230. The second-order valence-electron chi connectivity index (χ2n) is 12.8. The number of ether oxygens (including phenoxy) is 2. The van der Waals surface area contributed by atoms with Gasteiger partial charge in [0.2, 0.25) is 0 Å². The van der Waals surface area contributed by atoms with Crippen LogP contribution in [0.3, 0.4) is 0 Å². The summed E-state index contributed by atoms with van der Waals surface area (Å²) >= 11 is 0. The first-order valence-electron chi connectivity index (χ1n) is 16.0. The Morgan fingerprint density at radius 3 is 1.25 bits per heavy atom. The minimum absolute atomic E-state index is 0. The molecule has 0 saturated heterocycles. The first-order valence-corrected chi connectivity index (χ1v) is 18.8. The maximum absolute atomic E-state index is 12.8. The summed E-state index contributed by atoms with van der Waals surface area (Å²) in [5.41, 5.74) is 10.5. The van der Waals surface area contributed by atoms with E-state index in [1.807, 2.05) is 41.5 Å². The van der Waals surface area contributed by atoms with Gasteiger partial charge in [-0.3, -0.25) is 0 Å². The van der Waals surface area contributed by atoms with E-state index in [2.05, 4.69) is 34.9 Å². The van der Waals surface area contributed by atoms with Crippen LogP contribution in [0.2, 0.25) is 0 Å². The Morgan fingerprint density at radius 1 is 0.528 bits per heavy atom. The minimum Gasteiger partial charge on any atom is -0.744 e. The van der Waals surface area contributed by atoms with E-state index in [0.29, 0.717) is 40.1 Å². The van der Waals surface area contributed by atoms with Gasteiger partial charge in [0.05, 0.1) is 24.0 Å².